The van der Waals surface area contributed by atoms with Crippen molar-refractivity contribution in [1.29, 1.82) is 0 Å². The van der Waals surface area contributed by atoms with Crippen LogP contribution < -0.4 is 5.32 Å². The second-order valence-corrected chi connectivity index (χ2v) is 7.33. The molecule has 1 aromatic heterocycles. The maximum Gasteiger partial charge on any atom is 0.251 e. The predicted molar refractivity (Wildman–Crippen MR) is 96.4 cm³/mol. The molecule has 0 spiro atoms. The second-order valence-electron chi connectivity index (χ2n) is 7.33. The lowest BCUT2D eigenvalue weighted by Crippen LogP contribution is -2.48. The SMILES string of the molecule is O=C(N[C@H](Cc1ccccn1)C1CC(O)C1)c1ccc2c(c1)CCC2. The molecule has 1 amide bonds. The molecular formula is C21H24N2O2. The quantitative estimate of drug-likeness (QED) is 0.882. The maximum absolute atomic E-state index is 12.8. The standard InChI is InChI=1S/C21H24N2O2/c24-19-11-17(12-19)20(13-18-6-1-2-9-22-18)23-21(25)16-8-7-14-4-3-5-15(14)10-16/h1-2,6-10,17,19-20,24H,3-5,11-13H2,(H,23,25)/t17?,19?,20-/m1/s1. The molecular weight excluding hydrogens is 312 g/mol. The predicted octanol–water partition coefficient (Wildman–Crippen LogP) is 2.68. The van der Waals surface area contributed by atoms with E-state index in [1.807, 2.05) is 30.3 Å². The molecule has 2 aromatic rings. The molecule has 4 nitrogen and oxygen atoms in total. The smallest absolute Gasteiger partial charge is 0.251 e. The molecule has 0 unspecified atom stereocenters. The number of hydrogen-bond donors (Lipinski definition) is 2. The van der Waals surface area contributed by atoms with E-state index in [1.165, 1.54) is 17.5 Å². The average molecular weight is 336 g/mol. The van der Waals surface area contributed by atoms with E-state index in [1.54, 1.807) is 6.20 Å². The molecule has 2 N–H and O–H groups in total. The van der Waals surface area contributed by atoms with Crippen molar-refractivity contribution >= 4 is 5.91 Å². The third kappa shape index (κ3) is 3.59. The number of aryl methyl sites for hydroxylation is 2. The first-order chi connectivity index (χ1) is 12.2. The summed E-state index contributed by atoms with van der Waals surface area (Å²) in [5.41, 5.74) is 4.41. The highest BCUT2D eigenvalue weighted by Crippen LogP contribution is 2.32. The van der Waals surface area contributed by atoms with Gasteiger partial charge in [0.2, 0.25) is 0 Å². The van der Waals surface area contributed by atoms with Crippen molar-refractivity contribution in [2.24, 2.45) is 5.92 Å². The largest absolute Gasteiger partial charge is 0.393 e. The van der Waals surface area contributed by atoms with Crippen molar-refractivity contribution in [1.82, 2.24) is 10.3 Å². The average Bonchev–Trinajstić information content (AvgIpc) is 3.07. The Labute approximate surface area is 148 Å². The molecule has 1 saturated carbocycles. The number of nitrogens with one attached hydrogen (secondary N) is 1. The summed E-state index contributed by atoms with van der Waals surface area (Å²) in [6.45, 7) is 0. The first kappa shape index (κ1) is 16.3. The third-order valence-electron chi connectivity index (χ3n) is 5.55. The number of pyridine rings is 1. The van der Waals surface area contributed by atoms with Crippen LogP contribution in [0, 0.1) is 5.92 Å². The van der Waals surface area contributed by atoms with Gasteiger partial charge in [-0.1, -0.05) is 12.1 Å². The molecule has 25 heavy (non-hydrogen) atoms. The van der Waals surface area contributed by atoms with Crippen molar-refractivity contribution in [3.8, 4) is 0 Å². The Hall–Kier alpha value is -2.20. The molecule has 0 radical (unpaired) electrons. The van der Waals surface area contributed by atoms with Gasteiger partial charge in [0.25, 0.3) is 5.91 Å². The number of aromatic nitrogens is 1. The number of rotatable bonds is 5. The number of hydrogen-bond acceptors (Lipinski definition) is 3. The van der Waals surface area contributed by atoms with Crippen LogP contribution in [0.4, 0.5) is 0 Å². The Kier molecular flexibility index (Phi) is 4.53. The molecule has 0 bridgehead atoms. The van der Waals surface area contributed by atoms with Gasteiger partial charge in [-0.25, -0.2) is 0 Å². The summed E-state index contributed by atoms with van der Waals surface area (Å²) in [5.74, 6) is 0.299. The number of carbonyl (C=O) groups is 1. The maximum atomic E-state index is 12.8. The fourth-order valence-electron chi connectivity index (χ4n) is 4.00. The number of aliphatic hydroxyl groups excluding tert-OH is 1. The molecule has 1 atom stereocenters. The Morgan fingerprint density at radius 2 is 2.04 bits per heavy atom. The van der Waals surface area contributed by atoms with Gasteiger partial charge in [-0.15, -0.1) is 0 Å². The van der Waals surface area contributed by atoms with Crippen molar-refractivity contribution in [2.75, 3.05) is 0 Å². The number of carbonyl (C=O) groups excluding carboxylic acids is 1. The highest BCUT2D eigenvalue weighted by Gasteiger charge is 2.35. The lowest BCUT2D eigenvalue weighted by molar-refractivity contribution is 0.0238. The normalized spacial score (nSPS) is 22.8. The Morgan fingerprint density at radius 1 is 1.20 bits per heavy atom. The minimum Gasteiger partial charge on any atom is -0.393 e. The molecule has 4 heteroatoms. The summed E-state index contributed by atoms with van der Waals surface area (Å²) in [4.78, 5) is 17.2. The zero-order chi connectivity index (χ0) is 17.2. The van der Waals surface area contributed by atoms with E-state index in [0.717, 1.165) is 36.9 Å². The van der Waals surface area contributed by atoms with Gasteiger partial charge in [0.05, 0.1) is 6.10 Å². The van der Waals surface area contributed by atoms with E-state index >= 15 is 0 Å². The lowest BCUT2D eigenvalue weighted by atomic mass is 9.76. The van der Waals surface area contributed by atoms with E-state index in [4.69, 9.17) is 0 Å². The minimum absolute atomic E-state index is 0.0130. The van der Waals surface area contributed by atoms with Crippen LogP contribution in [0.25, 0.3) is 0 Å². The van der Waals surface area contributed by atoms with Crippen LogP contribution in [0.5, 0.6) is 0 Å². The monoisotopic (exact) mass is 336 g/mol. The molecule has 1 heterocycles. The minimum atomic E-state index is -0.229. The van der Waals surface area contributed by atoms with Gasteiger partial charge in [-0.05, 0) is 73.4 Å². The van der Waals surface area contributed by atoms with E-state index in [2.05, 4.69) is 16.4 Å². The molecule has 4 rings (SSSR count). The number of benzene rings is 1. The van der Waals surface area contributed by atoms with Crippen LogP contribution in [0.15, 0.2) is 42.6 Å². The first-order valence-electron chi connectivity index (χ1n) is 9.19. The highest BCUT2D eigenvalue weighted by atomic mass is 16.3. The van der Waals surface area contributed by atoms with Gasteiger partial charge in [0.1, 0.15) is 0 Å². The fourth-order valence-corrected chi connectivity index (χ4v) is 4.00. The Morgan fingerprint density at radius 3 is 2.80 bits per heavy atom. The lowest BCUT2D eigenvalue weighted by Gasteiger charge is -2.38. The zero-order valence-corrected chi connectivity index (χ0v) is 14.3. The van der Waals surface area contributed by atoms with E-state index in [0.29, 0.717) is 12.3 Å². The topological polar surface area (TPSA) is 62.2 Å². The van der Waals surface area contributed by atoms with Crippen LogP contribution >= 0.6 is 0 Å². The van der Waals surface area contributed by atoms with Crippen molar-refractivity contribution in [2.45, 2.75) is 50.7 Å². The van der Waals surface area contributed by atoms with E-state index < -0.39 is 0 Å². The van der Waals surface area contributed by atoms with Crippen LogP contribution in [-0.4, -0.2) is 28.1 Å². The number of fused-ring (bicyclic) bond motifs is 1. The summed E-state index contributed by atoms with van der Waals surface area (Å²) in [5, 5.41) is 12.9. The van der Waals surface area contributed by atoms with Crippen LogP contribution in [0.1, 0.15) is 46.4 Å². The van der Waals surface area contributed by atoms with Crippen molar-refractivity contribution in [3.63, 3.8) is 0 Å². The first-order valence-corrected chi connectivity index (χ1v) is 9.19. The summed E-state index contributed by atoms with van der Waals surface area (Å²) < 4.78 is 0. The van der Waals surface area contributed by atoms with Crippen molar-refractivity contribution < 1.29 is 9.90 Å². The summed E-state index contributed by atoms with van der Waals surface area (Å²) in [6.07, 6.45) is 7.14. The fraction of sp³-hybridized carbons (Fsp3) is 0.429. The van der Waals surface area contributed by atoms with Crippen LogP contribution in [0.3, 0.4) is 0 Å². The van der Waals surface area contributed by atoms with Crippen LogP contribution in [0.2, 0.25) is 0 Å². The van der Waals surface area contributed by atoms with Gasteiger partial charge in [0, 0.05) is 29.9 Å². The third-order valence-corrected chi connectivity index (χ3v) is 5.55. The van der Waals surface area contributed by atoms with Gasteiger partial charge >= 0.3 is 0 Å². The number of aliphatic hydroxyl groups is 1. The summed E-state index contributed by atoms with van der Waals surface area (Å²) in [6, 6.07) is 11.9. The molecule has 1 aromatic carbocycles. The number of amides is 1. The Bertz CT molecular complexity index is 754. The molecule has 2 aliphatic rings. The van der Waals surface area contributed by atoms with E-state index in [9.17, 15) is 9.90 Å². The van der Waals surface area contributed by atoms with Crippen molar-refractivity contribution in [3.05, 3.63) is 65.0 Å². The molecule has 0 aliphatic heterocycles. The van der Waals surface area contributed by atoms with Gasteiger partial charge in [-0.2, -0.15) is 0 Å². The van der Waals surface area contributed by atoms with Gasteiger partial charge in [0.15, 0.2) is 0 Å². The zero-order valence-electron chi connectivity index (χ0n) is 14.3. The molecule has 1 fully saturated rings. The van der Waals surface area contributed by atoms with Gasteiger partial charge < -0.3 is 10.4 Å². The summed E-state index contributed by atoms with van der Waals surface area (Å²) in [7, 11) is 0. The molecule has 2 aliphatic carbocycles. The number of nitrogens with zero attached hydrogens (tertiary/aromatic N) is 1. The second kappa shape index (κ2) is 6.96. The van der Waals surface area contributed by atoms with Gasteiger partial charge in [-0.3, -0.25) is 9.78 Å². The summed E-state index contributed by atoms with van der Waals surface area (Å²) >= 11 is 0. The van der Waals surface area contributed by atoms with E-state index in [-0.39, 0.29) is 18.1 Å². The molecule has 0 saturated heterocycles. The highest BCUT2D eigenvalue weighted by molar-refractivity contribution is 5.94. The molecule has 130 valence electrons. The van der Waals surface area contributed by atoms with Crippen LogP contribution in [-0.2, 0) is 19.3 Å². The Balaban J connectivity index is 1.48.